The van der Waals surface area contributed by atoms with E-state index in [1.165, 1.54) is 30.3 Å². The van der Waals surface area contributed by atoms with E-state index in [2.05, 4.69) is 128 Å². The Kier molecular flexibility index (Phi) is 27.3. The fourth-order valence-electron chi connectivity index (χ4n) is 16.9. The van der Waals surface area contributed by atoms with Gasteiger partial charge in [0.1, 0.15) is 58.1 Å². The lowest BCUT2D eigenvalue weighted by Crippen LogP contribution is -2.22. The zero-order valence-corrected chi connectivity index (χ0v) is 78.4. The minimum Gasteiger partial charge on any atom is -0.497 e. The van der Waals surface area contributed by atoms with Crippen LogP contribution in [-0.2, 0) is 0 Å². The van der Waals surface area contributed by atoms with Crippen molar-refractivity contribution in [3.63, 3.8) is 0 Å². The summed E-state index contributed by atoms with van der Waals surface area (Å²) in [4.78, 5) is 53.3. The van der Waals surface area contributed by atoms with Crippen molar-refractivity contribution in [2.45, 2.75) is 27.7 Å². The number of imidazole rings is 4. The van der Waals surface area contributed by atoms with Crippen LogP contribution in [0.5, 0.6) is 5.75 Å². The SMILES string of the molecule is COc1ccc(-c2ncc3cc(-c4cccnc4-c4ccc(F)c(C)c4)ccn23)cc1.Cc1cc(-c2ncccc2-c2ccn3c(-c4cccc(N)c4)ncc3c2)ccc1F.Cc1cc(-c2ncccc2-c2ccn3c(-c4ccccc4)ncc3c2)ccc1F.Cc1cc(-c2ncccc2-c2ccn3c(-c4ccncc4)ncc3c2)ccc1F.NC(N)=Nc1ccc(-c2cccnc2-c2ccc(F)c(Cl)c2)cn1. The average Bonchev–Trinajstić information content (AvgIpc) is 1.74. The van der Waals surface area contributed by atoms with Gasteiger partial charge in [-0.15, -0.1) is 0 Å². The van der Waals surface area contributed by atoms with E-state index in [0.717, 1.165) is 174 Å². The quantitative estimate of drug-likeness (QED) is 0.0352. The van der Waals surface area contributed by atoms with Gasteiger partial charge in [-0.25, -0.2) is 46.9 Å². The Morgan fingerprint density at radius 2 is 0.601 bits per heavy atom. The number of methoxy groups -OCH3 is 1. The highest BCUT2D eigenvalue weighted by molar-refractivity contribution is 6.31. The molecular formula is C117H87ClF5N19O. The number of fused-ring (bicyclic) bond motifs is 4. The molecule has 0 atom stereocenters. The first kappa shape index (κ1) is 93.4. The monoisotopic (exact) mass is 1900 g/mol. The maximum absolute atomic E-state index is 13.8. The van der Waals surface area contributed by atoms with Crippen LogP contribution in [0.15, 0.2) is 407 Å². The van der Waals surface area contributed by atoms with E-state index < -0.39 is 5.82 Å². The van der Waals surface area contributed by atoms with E-state index in [1.807, 2.05) is 230 Å². The fourth-order valence-corrected chi connectivity index (χ4v) is 17.1. The van der Waals surface area contributed by atoms with E-state index in [0.29, 0.717) is 45.0 Å². The van der Waals surface area contributed by atoms with Crippen LogP contribution in [0.1, 0.15) is 22.3 Å². The molecular weight excluding hydrogens is 1820 g/mol. The molecule has 0 aliphatic rings. The predicted molar refractivity (Wildman–Crippen MR) is 558 cm³/mol. The molecule has 8 aromatic carbocycles. The molecule has 698 valence electrons. The van der Waals surface area contributed by atoms with Crippen molar-refractivity contribution >= 4 is 51.1 Å². The molecule has 0 amide bonds. The van der Waals surface area contributed by atoms with E-state index in [1.54, 1.807) is 127 Å². The van der Waals surface area contributed by atoms with Crippen molar-refractivity contribution in [2.24, 2.45) is 16.5 Å². The van der Waals surface area contributed by atoms with Crippen molar-refractivity contribution in [2.75, 3.05) is 12.8 Å². The number of anilines is 1. The molecule has 0 bridgehead atoms. The molecule has 15 heterocycles. The van der Waals surface area contributed by atoms with Crippen LogP contribution >= 0.6 is 11.6 Å². The van der Waals surface area contributed by atoms with Crippen LogP contribution in [0.25, 0.3) is 180 Å². The molecule has 0 spiro atoms. The highest BCUT2D eigenvalue weighted by atomic mass is 35.5. The van der Waals surface area contributed by atoms with Crippen molar-refractivity contribution < 1.29 is 26.7 Å². The molecule has 20 nitrogen and oxygen atoms in total. The Labute approximate surface area is 824 Å². The fraction of sp³-hybridized carbons (Fsp3) is 0.0427. The van der Waals surface area contributed by atoms with Gasteiger partial charge in [0, 0.05) is 164 Å². The first-order valence-electron chi connectivity index (χ1n) is 45.4. The smallest absolute Gasteiger partial charge is 0.192 e. The summed E-state index contributed by atoms with van der Waals surface area (Å²) in [6, 6.07) is 94.1. The molecule has 0 fully saturated rings. The molecule has 0 aliphatic heterocycles. The van der Waals surface area contributed by atoms with Gasteiger partial charge in [0.05, 0.1) is 87.5 Å². The third-order valence-electron chi connectivity index (χ3n) is 24.1. The number of nitrogens with two attached hydrogens (primary N) is 3. The number of aliphatic imine (C=N–C) groups is 1. The number of aromatic nitrogens is 15. The number of guanidine groups is 1. The van der Waals surface area contributed by atoms with Gasteiger partial charge in [-0.1, -0.05) is 84.4 Å². The van der Waals surface area contributed by atoms with E-state index >= 15 is 0 Å². The average molecular weight is 1910 g/mol. The number of ether oxygens (including phenoxy) is 1. The van der Waals surface area contributed by atoms with Crippen LogP contribution in [0.4, 0.5) is 33.5 Å². The molecule has 15 aromatic heterocycles. The van der Waals surface area contributed by atoms with Crippen LogP contribution in [0.3, 0.4) is 0 Å². The largest absolute Gasteiger partial charge is 0.497 e. The molecule has 23 rings (SSSR count). The number of nitrogens with zero attached hydrogens (tertiary/aromatic N) is 16. The van der Waals surface area contributed by atoms with Crippen molar-refractivity contribution in [1.29, 1.82) is 0 Å². The summed E-state index contributed by atoms with van der Waals surface area (Å²) in [7, 11) is 1.65. The molecule has 0 saturated heterocycles. The Bertz CT molecular complexity index is 8440. The first-order chi connectivity index (χ1) is 69.7. The zero-order valence-electron chi connectivity index (χ0n) is 77.7. The Balaban J connectivity index is 0.000000114. The Hall–Kier alpha value is -18.6. The van der Waals surface area contributed by atoms with Gasteiger partial charge in [-0.3, -0.25) is 47.5 Å². The molecule has 0 unspecified atom stereocenters. The molecule has 0 aliphatic carbocycles. The van der Waals surface area contributed by atoms with Crippen molar-refractivity contribution in [3.05, 3.63) is 459 Å². The minimum absolute atomic E-state index is 0.0466. The number of hydrogen-bond acceptors (Lipinski definition) is 14. The van der Waals surface area contributed by atoms with Crippen LogP contribution < -0.4 is 21.9 Å². The second kappa shape index (κ2) is 41.8. The highest BCUT2D eigenvalue weighted by Crippen LogP contribution is 2.41. The van der Waals surface area contributed by atoms with Crippen LogP contribution in [0.2, 0.25) is 5.02 Å². The van der Waals surface area contributed by atoms with Gasteiger partial charge < -0.3 is 21.9 Å². The molecule has 0 saturated carbocycles. The summed E-state index contributed by atoms with van der Waals surface area (Å²) in [5, 5.41) is 0.0466. The van der Waals surface area contributed by atoms with E-state index in [9.17, 15) is 22.0 Å². The van der Waals surface area contributed by atoms with Gasteiger partial charge >= 0.3 is 0 Å². The van der Waals surface area contributed by atoms with Gasteiger partial charge in [-0.2, -0.15) is 4.99 Å². The number of aryl methyl sites for hydroxylation is 4. The summed E-state index contributed by atoms with van der Waals surface area (Å²) in [5.41, 5.74) is 45.7. The van der Waals surface area contributed by atoms with E-state index in [-0.39, 0.29) is 34.3 Å². The third kappa shape index (κ3) is 20.6. The lowest BCUT2D eigenvalue weighted by molar-refractivity contribution is 0.415. The van der Waals surface area contributed by atoms with Crippen molar-refractivity contribution in [1.82, 2.24) is 72.4 Å². The lowest BCUT2D eigenvalue weighted by Gasteiger charge is -2.11. The maximum atomic E-state index is 13.8. The number of pyridine rings is 11. The molecule has 143 heavy (non-hydrogen) atoms. The zero-order chi connectivity index (χ0) is 98.7. The predicted octanol–water partition coefficient (Wildman–Crippen LogP) is 27.2. The summed E-state index contributed by atoms with van der Waals surface area (Å²) >= 11 is 5.88. The van der Waals surface area contributed by atoms with Gasteiger partial charge in [0.2, 0.25) is 0 Å². The highest BCUT2D eigenvalue weighted by Gasteiger charge is 2.21. The molecule has 23 aromatic rings. The number of halogens is 6. The first-order valence-corrected chi connectivity index (χ1v) is 45.8. The lowest BCUT2D eigenvalue weighted by atomic mass is 9.99. The summed E-state index contributed by atoms with van der Waals surface area (Å²) in [5.74, 6) is 3.33. The number of nitrogen functional groups attached to an aromatic ring is 1. The third-order valence-corrected chi connectivity index (χ3v) is 24.4. The maximum Gasteiger partial charge on any atom is 0.192 e. The number of hydrogen-bond donors (Lipinski definition) is 3. The standard InChI is InChI=1S/C26H20FN3O.C25H19FN4.C25H18FN3.C24H17FN4.C17H13ClFN5/c1-17-14-20(7-10-24(17)27)25-23(4-3-12-28-25)19-11-13-30-21(15-19)16-29-26(30)18-5-8-22(31-2)9-6-18;1-16-12-18(7-8-23(16)26)24-22(6-3-10-28-24)17-9-11-30-21(14-17)15-29-25(30)19-4-2-5-20(27)13-19;1-17-14-20(9-10-23(17)26)24-22(8-5-12-27-24)19-11-13-29-21(15-19)16-28-25(29)18-6-3-2-4-7-18;1-16-13-19(4-5-22(16)25)23-21(3-2-9-27-23)18-8-12-29-20(14-18)15-28-24(29)17-6-10-26-11-7-17;18-13-8-10(3-5-14(13)19)16-12(2-1-7-22-16)11-4-6-15(23-9-11)24-17(20)21/h3-16H,1-2H3;2-15H,27H2,1H3;2-16H,1H3;2-15H,1H3;1-9H,(H4,20,21,23,24). The summed E-state index contributed by atoms with van der Waals surface area (Å²) in [6.07, 6.45) is 29.4. The Morgan fingerprint density at radius 3 is 0.937 bits per heavy atom. The van der Waals surface area contributed by atoms with Crippen LogP contribution in [0, 0.1) is 56.8 Å². The van der Waals surface area contributed by atoms with E-state index in [4.69, 9.17) is 33.5 Å². The second-order valence-electron chi connectivity index (χ2n) is 33.5. The number of benzene rings is 8. The summed E-state index contributed by atoms with van der Waals surface area (Å²) in [6.45, 7) is 7.06. The second-order valence-corrected chi connectivity index (χ2v) is 34.0. The summed E-state index contributed by atoms with van der Waals surface area (Å²) < 4.78 is 81.8. The normalized spacial score (nSPS) is 11.0. The Morgan fingerprint density at radius 1 is 0.280 bits per heavy atom. The minimum atomic E-state index is -0.471. The van der Waals surface area contributed by atoms with Crippen LogP contribution in [-0.4, -0.2) is 85.5 Å². The molecule has 0 radical (unpaired) electrons. The molecule has 6 N–H and O–H groups in total. The topological polar surface area (TPSA) is 259 Å². The van der Waals surface area contributed by atoms with Crippen molar-refractivity contribution in [3.8, 4) is 163 Å². The van der Waals surface area contributed by atoms with Gasteiger partial charge in [0.25, 0.3) is 0 Å². The molecule has 26 heteroatoms. The van der Waals surface area contributed by atoms with Gasteiger partial charge in [0.15, 0.2) is 11.8 Å². The number of rotatable bonds is 16. The van der Waals surface area contributed by atoms with Gasteiger partial charge in [-0.05, 0) is 303 Å².